The quantitative estimate of drug-likeness (QED) is 0.238. The van der Waals surface area contributed by atoms with E-state index in [0.717, 1.165) is 14.0 Å². The van der Waals surface area contributed by atoms with Gasteiger partial charge in [0.05, 0.1) is 0 Å². The first-order valence-corrected chi connectivity index (χ1v) is 7.59. The Morgan fingerprint density at radius 3 is 2.00 bits per heavy atom. The largest absolute Gasteiger partial charge is 0.481 e. The molecule has 140 valence electrons. The van der Waals surface area contributed by atoms with Crippen LogP contribution in [0, 0.1) is 0 Å². The second-order valence-corrected chi connectivity index (χ2v) is 5.30. The Balaban J connectivity index is 5.16. The van der Waals surface area contributed by atoms with E-state index in [2.05, 4.69) is 23.3 Å². The highest BCUT2D eigenvalue weighted by Crippen LogP contribution is 2.02. The van der Waals surface area contributed by atoms with Gasteiger partial charge in [-0.05, 0) is 6.42 Å². The van der Waals surface area contributed by atoms with Gasteiger partial charge >= 0.3 is 12.1 Å². The van der Waals surface area contributed by atoms with E-state index >= 15 is 0 Å². The van der Waals surface area contributed by atoms with E-state index in [-0.39, 0.29) is 12.2 Å². The second-order valence-electron chi connectivity index (χ2n) is 4.94. The number of amides is 4. The van der Waals surface area contributed by atoms with Crippen LogP contribution in [0.2, 0.25) is 0 Å². The van der Waals surface area contributed by atoms with Crippen molar-refractivity contribution in [2.75, 3.05) is 12.8 Å². The number of carboxylic acids is 1. The molecule has 12 heteroatoms. The van der Waals surface area contributed by atoms with Crippen molar-refractivity contribution >= 4 is 48.2 Å². The van der Waals surface area contributed by atoms with Gasteiger partial charge in [0.1, 0.15) is 12.1 Å². The van der Waals surface area contributed by atoms with E-state index in [0.29, 0.717) is 4.90 Å². The van der Waals surface area contributed by atoms with Gasteiger partial charge < -0.3 is 20.8 Å². The summed E-state index contributed by atoms with van der Waals surface area (Å²) >= 11 is 3.86. The summed E-state index contributed by atoms with van der Waals surface area (Å²) in [5, 5.41) is 21.7. The van der Waals surface area contributed by atoms with Crippen LogP contribution < -0.4 is 10.6 Å². The van der Waals surface area contributed by atoms with Crippen molar-refractivity contribution < 1.29 is 39.0 Å². The summed E-state index contributed by atoms with van der Waals surface area (Å²) < 4.78 is 0. The molecule has 4 N–H and O–H groups in total. The summed E-state index contributed by atoms with van der Waals surface area (Å²) in [5.41, 5.74) is 0. The molecule has 0 aromatic carbocycles. The van der Waals surface area contributed by atoms with Gasteiger partial charge in [0, 0.05) is 26.1 Å². The molecular weight excluding hydrogens is 358 g/mol. The normalized spacial score (nSPS) is 12.4. The minimum Gasteiger partial charge on any atom is -0.481 e. The van der Waals surface area contributed by atoms with E-state index in [4.69, 9.17) is 10.2 Å². The van der Waals surface area contributed by atoms with Crippen molar-refractivity contribution in [3.63, 3.8) is 0 Å². The number of Topliss-reactive ketones (excluding diaryl/α,β-unsaturated/α-hetero) is 1. The number of imide groups is 1. The molecule has 0 spiro atoms. The SMILES string of the molecule is CC(=O)C(=O)NC(CCC(=O)O)C(=O)NC(CS)C(=O)N(C)C(=O)O. The van der Waals surface area contributed by atoms with Crippen LogP contribution in [-0.2, 0) is 24.0 Å². The molecule has 0 radical (unpaired) electrons. The number of thiol groups is 1. The third kappa shape index (κ3) is 7.65. The van der Waals surface area contributed by atoms with Crippen LogP contribution in [0.15, 0.2) is 0 Å². The Kier molecular flexibility index (Phi) is 9.20. The summed E-state index contributed by atoms with van der Waals surface area (Å²) in [6.45, 7) is 0.962. The molecule has 0 fully saturated rings. The van der Waals surface area contributed by atoms with Gasteiger partial charge in [-0.25, -0.2) is 9.69 Å². The maximum Gasteiger partial charge on any atom is 0.413 e. The molecular formula is C13H19N3O8S. The van der Waals surface area contributed by atoms with Gasteiger partial charge in [0.25, 0.3) is 11.8 Å². The average Bonchev–Trinajstić information content (AvgIpc) is 2.53. The van der Waals surface area contributed by atoms with Crippen molar-refractivity contribution in [3.8, 4) is 0 Å². The summed E-state index contributed by atoms with van der Waals surface area (Å²) in [5.74, 6) is -5.37. The highest BCUT2D eigenvalue weighted by molar-refractivity contribution is 7.80. The molecule has 0 saturated carbocycles. The lowest BCUT2D eigenvalue weighted by molar-refractivity contribution is -0.140. The summed E-state index contributed by atoms with van der Waals surface area (Å²) in [4.78, 5) is 68.3. The van der Waals surface area contributed by atoms with Gasteiger partial charge in [-0.15, -0.1) is 0 Å². The number of likely N-dealkylation sites (N-methyl/N-ethyl adjacent to an activating group) is 1. The standard InChI is InChI=1S/C13H19N3O8S/c1-6(17)10(20)14-7(3-4-9(18)19)11(21)15-8(5-25)12(22)16(2)13(23)24/h7-8,25H,3-5H2,1-2H3,(H,14,20)(H,15,21)(H,18,19)(H,23,24). The third-order valence-corrected chi connectivity index (χ3v) is 3.37. The zero-order valence-electron chi connectivity index (χ0n) is 13.5. The lowest BCUT2D eigenvalue weighted by Crippen LogP contribution is -2.55. The number of nitrogens with one attached hydrogen (secondary N) is 2. The molecule has 2 atom stereocenters. The fourth-order valence-electron chi connectivity index (χ4n) is 1.58. The number of carboxylic acid groups (broad SMARTS) is 2. The van der Waals surface area contributed by atoms with Gasteiger partial charge in [0.2, 0.25) is 11.7 Å². The lowest BCUT2D eigenvalue weighted by atomic mass is 10.1. The maximum atomic E-state index is 12.2. The first kappa shape index (κ1) is 22.4. The smallest absolute Gasteiger partial charge is 0.413 e. The Hall–Kier alpha value is -2.63. The summed E-state index contributed by atoms with van der Waals surface area (Å²) in [7, 11) is 0.979. The molecule has 11 nitrogen and oxygen atoms in total. The van der Waals surface area contributed by atoms with E-state index in [9.17, 15) is 28.8 Å². The highest BCUT2D eigenvalue weighted by Gasteiger charge is 2.30. The number of ketones is 1. The van der Waals surface area contributed by atoms with E-state index in [1.165, 1.54) is 0 Å². The van der Waals surface area contributed by atoms with Crippen LogP contribution >= 0.6 is 12.6 Å². The number of hydrogen-bond acceptors (Lipinski definition) is 7. The molecule has 0 bridgehead atoms. The second kappa shape index (κ2) is 10.3. The van der Waals surface area contributed by atoms with Crippen molar-refractivity contribution in [3.05, 3.63) is 0 Å². The van der Waals surface area contributed by atoms with Crippen LogP contribution in [0.1, 0.15) is 19.8 Å². The van der Waals surface area contributed by atoms with Crippen LogP contribution in [-0.4, -0.2) is 75.6 Å². The number of nitrogens with zero attached hydrogens (tertiary/aromatic N) is 1. The van der Waals surface area contributed by atoms with Gasteiger partial charge in [-0.2, -0.15) is 12.6 Å². The van der Waals surface area contributed by atoms with Crippen molar-refractivity contribution in [1.29, 1.82) is 0 Å². The molecule has 0 rings (SSSR count). The van der Waals surface area contributed by atoms with E-state index in [1.54, 1.807) is 0 Å². The average molecular weight is 377 g/mol. The molecule has 25 heavy (non-hydrogen) atoms. The highest BCUT2D eigenvalue weighted by atomic mass is 32.1. The number of hydrogen-bond donors (Lipinski definition) is 5. The van der Waals surface area contributed by atoms with E-state index in [1.807, 2.05) is 0 Å². The Morgan fingerprint density at radius 1 is 1.04 bits per heavy atom. The van der Waals surface area contributed by atoms with E-state index < -0.39 is 54.1 Å². The van der Waals surface area contributed by atoms with Crippen molar-refractivity contribution in [2.45, 2.75) is 31.8 Å². The Bertz CT molecular complexity index is 580. The molecule has 4 amide bonds. The minimum absolute atomic E-state index is 0.242. The van der Waals surface area contributed by atoms with Gasteiger partial charge in [-0.1, -0.05) is 0 Å². The Labute approximate surface area is 148 Å². The van der Waals surface area contributed by atoms with Crippen LogP contribution in [0.25, 0.3) is 0 Å². The summed E-state index contributed by atoms with van der Waals surface area (Å²) in [6, 6.07) is -2.71. The molecule has 0 aromatic heterocycles. The molecule has 0 aliphatic rings. The number of carbonyl (C=O) groups excluding carboxylic acids is 4. The van der Waals surface area contributed by atoms with Crippen LogP contribution in [0.5, 0.6) is 0 Å². The number of rotatable bonds is 9. The summed E-state index contributed by atoms with van der Waals surface area (Å²) in [6.07, 6.45) is -2.36. The van der Waals surface area contributed by atoms with Crippen molar-refractivity contribution in [2.24, 2.45) is 0 Å². The molecule has 0 saturated heterocycles. The predicted octanol–water partition coefficient (Wildman–Crippen LogP) is -1.52. The first-order chi connectivity index (χ1) is 11.5. The van der Waals surface area contributed by atoms with Gasteiger partial charge in [-0.3, -0.25) is 24.0 Å². The fraction of sp³-hybridized carbons (Fsp3) is 0.538. The number of carbonyl (C=O) groups is 6. The molecule has 0 heterocycles. The minimum atomic E-state index is -1.54. The molecule has 0 aliphatic carbocycles. The van der Waals surface area contributed by atoms with Crippen molar-refractivity contribution in [1.82, 2.24) is 15.5 Å². The monoisotopic (exact) mass is 377 g/mol. The molecule has 0 aromatic rings. The fourth-order valence-corrected chi connectivity index (χ4v) is 1.83. The zero-order valence-corrected chi connectivity index (χ0v) is 14.4. The van der Waals surface area contributed by atoms with Crippen LogP contribution in [0.3, 0.4) is 0 Å². The molecule has 2 unspecified atom stereocenters. The predicted molar refractivity (Wildman–Crippen MR) is 86.1 cm³/mol. The Morgan fingerprint density at radius 2 is 1.60 bits per heavy atom. The zero-order chi connectivity index (χ0) is 19.7. The topological polar surface area (TPSA) is 170 Å². The molecule has 0 aliphatic heterocycles. The first-order valence-electron chi connectivity index (χ1n) is 6.96. The third-order valence-electron chi connectivity index (χ3n) is 3.00. The number of aliphatic carboxylic acids is 1. The van der Waals surface area contributed by atoms with Crippen LogP contribution in [0.4, 0.5) is 4.79 Å². The maximum absolute atomic E-state index is 12.2. The lowest BCUT2D eigenvalue weighted by Gasteiger charge is -2.23. The van der Waals surface area contributed by atoms with Gasteiger partial charge in [0.15, 0.2) is 0 Å².